The monoisotopic (exact) mass is 338 g/mol. The number of anilines is 1. The highest BCUT2D eigenvalue weighted by Gasteiger charge is 2.15. The van der Waals surface area contributed by atoms with Crippen molar-refractivity contribution >= 4 is 11.6 Å². The molecule has 0 atom stereocenters. The quantitative estimate of drug-likeness (QED) is 0.748. The maximum atomic E-state index is 12.5. The average Bonchev–Trinajstić information content (AvgIpc) is 2.56. The summed E-state index contributed by atoms with van der Waals surface area (Å²) < 4.78 is 0. The second-order valence-corrected chi connectivity index (χ2v) is 7.20. The van der Waals surface area contributed by atoms with Crippen molar-refractivity contribution < 1.29 is 4.79 Å². The highest BCUT2D eigenvalue weighted by molar-refractivity contribution is 5.94. The van der Waals surface area contributed by atoms with Crippen LogP contribution >= 0.6 is 0 Å². The van der Waals surface area contributed by atoms with Crippen LogP contribution in [0, 0.1) is 6.92 Å². The molecule has 3 heteroatoms. The Hall–Kier alpha value is -2.13. The van der Waals surface area contributed by atoms with Gasteiger partial charge in [-0.05, 0) is 41.0 Å². The summed E-state index contributed by atoms with van der Waals surface area (Å²) in [7, 11) is 0. The molecule has 134 valence electrons. The highest BCUT2D eigenvalue weighted by atomic mass is 16.1. The molecule has 2 aromatic carbocycles. The second kappa shape index (κ2) is 8.82. The van der Waals surface area contributed by atoms with E-state index in [0.717, 1.165) is 5.69 Å². The number of amides is 1. The number of carbonyl (C=O) groups excluding carboxylic acids is 1. The second-order valence-electron chi connectivity index (χ2n) is 7.20. The number of hydrogen-bond acceptors (Lipinski definition) is 2. The Labute approximate surface area is 151 Å². The van der Waals surface area contributed by atoms with Crippen molar-refractivity contribution in [3.05, 3.63) is 64.7 Å². The van der Waals surface area contributed by atoms with Crippen LogP contribution in [0.15, 0.2) is 42.5 Å². The van der Waals surface area contributed by atoms with E-state index in [4.69, 9.17) is 0 Å². The molecule has 0 aliphatic heterocycles. The van der Waals surface area contributed by atoms with Crippen LogP contribution in [-0.2, 0) is 11.3 Å². The fourth-order valence-electron chi connectivity index (χ4n) is 3.00. The molecule has 0 fully saturated rings. The first-order valence-electron chi connectivity index (χ1n) is 9.08. The van der Waals surface area contributed by atoms with Crippen molar-refractivity contribution in [3.63, 3.8) is 0 Å². The Morgan fingerprint density at radius 2 is 1.52 bits per heavy atom. The molecule has 0 aromatic heterocycles. The minimum Gasteiger partial charge on any atom is -0.324 e. The molecular weight excluding hydrogens is 308 g/mol. The van der Waals surface area contributed by atoms with E-state index < -0.39 is 0 Å². The van der Waals surface area contributed by atoms with Crippen LogP contribution in [0.3, 0.4) is 0 Å². The van der Waals surface area contributed by atoms with Crippen LogP contribution in [0.2, 0.25) is 0 Å². The van der Waals surface area contributed by atoms with Gasteiger partial charge in [-0.2, -0.15) is 0 Å². The minimum absolute atomic E-state index is 0.00332. The first kappa shape index (κ1) is 19.2. The van der Waals surface area contributed by atoms with E-state index in [1.807, 2.05) is 12.1 Å². The molecule has 0 spiro atoms. The molecule has 1 amide bonds. The van der Waals surface area contributed by atoms with Gasteiger partial charge in [0.2, 0.25) is 5.91 Å². The van der Waals surface area contributed by atoms with Crippen LogP contribution < -0.4 is 10.6 Å². The van der Waals surface area contributed by atoms with Gasteiger partial charge < -0.3 is 10.6 Å². The molecule has 3 nitrogen and oxygen atoms in total. The Morgan fingerprint density at radius 3 is 2.08 bits per heavy atom. The van der Waals surface area contributed by atoms with Gasteiger partial charge in [-0.3, -0.25) is 4.79 Å². The van der Waals surface area contributed by atoms with Gasteiger partial charge in [0, 0.05) is 12.2 Å². The van der Waals surface area contributed by atoms with Crippen molar-refractivity contribution in [1.82, 2.24) is 5.32 Å². The zero-order valence-electron chi connectivity index (χ0n) is 16.0. The Kier molecular flexibility index (Phi) is 6.77. The summed E-state index contributed by atoms with van der Waals surface area (Å²) in [5.41, 5.74) is 5.83. The van der Waals surface area contributed by atoms with E-state index in [1.54, 1.807) is 0 Å². The Balaban J connectivity index is 2.04. The molecule has 2 rings (SSSR count). The predicted octanol–water partition coefficient (Wildman–Crippen LogP) is 4.97. The summed E-state index contributed by atoms with van der Waals surface area (Å²) in [5.74, 6) is 0.742. The lowest BCUT2D eigenvalue weighted by Crippen LogP contribution is -2.28. The van der Waals surface area contributed by atoms with E-state index in [9.17, 15) is 4.79 Å². The van der Waals surface area contributed by atoms with Crippen LogP contribution in [0.1, 0.15) is 61.8 Å². The lowest BCUT2D eigenvalue weighted by molar-refractivity contribution is -0.115. The molecule has 0 bridgehead atoms. The third kappa shape index (κ3) is 5.17. The zero-order valence-corrected chi connectivity index (χ0v) is 16.0. The summed E-state index contributed by atoms with van der Waals surface area (Å²) >= 11 is 0. The number of benzene rings is 2. The van der Waals surface area contributed by atoms with E-state index in [-0.39, 0.29) is 5.91 Å². The van der Waals surface area contributed by atoms with Crippen molar-refractivity contribution in [1.29, 1.82) is 0 Å². The van der Waals surface area contributed by atoms with Crippen LogP contribution in [0.25, 0.3) is 0 Å². The molecule has 25 heavy (non-hydrogen) atoms. The fourth-order valence-corrected chi connectivity index (χ4v) is 3.00. The first-order chi connectivity index (χ1) is 11.9. The lowest BCUT2D eigenvalue weighted by Gasteiger charge is -2.20. The highest BCUT2D eigenvalue weighted by Crippen LogP contribution is 2.32. The number of rotatable bonds is 7. The smallest absolute Gasteiger partial charge is 0.238 e. The molecular formula is C22H30N2O. The lowest BCUT2D eigenvalue weighted by atomic mass is 9.92. The van der Waals surface area contributed by atoms with Gasteiger partial charge in [0.25, 0.3) is 0 Å². The summed E-state index contributed by atoms with van der Waals surface area (Å²) in [6.45, 7) is 11.7. The van der Waals surface area contributed by atoms with Crippen LogP contribution in [-0.4, -0.2) is 12.5 Å². The molecule has 2 aromatic rings. The van der Waals surface area contributed by atoms with Gasteiger partial charge in [0.1, 0.15) is 0 Å². The number of aryl methyl sites for hydroxylation is 1. The zero-order chi connectivity index (χ0) is 18.4. The van der Waals surface area contributed by atoms with Gasteiger partial charge >= 0.3 is 0 Å². The van der Waals surface area contributed by atoms with Crippen LogP contribution in [0.5, 0.6) is 0 Å². The Bertz CT molecular complexity index is 693. The van der Waals surface area contributed by atoms with Gasteiger partial charge in [-0.15, -0.1) is 0 Å². The van der Waals surface area contributed by atoms with Crippen LogP contribution in [0.4, 0.5) is 5.69 Å². The van der Waals surface area contributed by atoms with Gasteiger partial charge in [-0.25, -0.2) is 0 Å². The van der Waals surface area contributed by atoms with E-state index >= 15 is 0 Å². The predicted molar refractivity (Wildman–Crippen MR) is 106 cm³/mol. The van der Waals surface area contributed by atoms with E-state index in [1.165, 1.54) is 22.3 Å². The molecule has 0 radical (unpaired) electrons. The molecule has 0 unspecified atom stereocenters. The average molecular weight is 338 g/mol. The summed E-state index contributed by atoms with van der Waals surface area (Å²) in [6, 6.07) is 14.5. The van der Waals surface area contributed by atoms with Gasteiger partial charge in [-0.1, -0.05) is 70.2 Å². The van der Waals surface area contributed by atoms with E-state index in [0.29, 0.717) is 24.9 Å². The topological polar surface area (TPSA) is 41.1 Å². The van der Waals surface area contributed by atoms with Gasteiger partial charge in [0.15, 0.2) is 0 Å². The van der Waals surface area contributed by atoms with Gasteiger partial charge in [0.05, 0.1) is 6.54 Å². The maximum absolute atomic E-state index is 12.5. The summed E-state index contributed by atoms with van der Waals surface area (Å²) in [5, 5.41) is 6.39. The molecule has 0 aliphatic carbocycles. The Morgan fingerprint density at radius 1 is 0.920 bits per heavy atom. The van der Waals surface area contributed by atoms with Crippen molar-refractivity contribution in [2.24, 2.45) is 0 Å². The summed E-state index contributed by atoms with van der Waals surface area (Å²) in [4.78, 5) is 12.5. The number of hydrogen-bond donors (Lipinski definition) is 2. The third-order valence-corrected chi connectivity index (χ3v) is 4.50. The molecule has 2 N–H and O–H groups in total. The molecule has 0 saturated heterocycles. The molecule has 0 saturated carbocycles. The molecule has 0 aliphatic rings. The van der Waals surface area contributed by atoms with Crippen molar-refractivity contribution in [3.8, 4) is 0 Å². The number of para-hydroxylation sites is 1. The SMILES string of the molecule is Cc1ccccc1CNCC(=O)Nc1c(C(C)C)cccc1C(C)C. The number of carbonyl (C=O) groups is 1. The maximum Gasteiger partial charge on any atom is 0.238 e. The van der Waals surface area contributed by atoms with E-state index in [2.05, 4.69) is 75.6 Å². The third-order valence-electron chi connectivity index (χ3n) is 4.50. The molecule has 0 heterocycles. The fraction of sp³-hybridized carbons (Fsp3) is 0.409. The van der Waals surface area contributed by atoms with Crippen molar-refractivity contribution in [2.45, 2.75) is 53.0 Å². The normalized spacial score (nSPS) is 11.2. The standard InChI is InChI=1S/C22H30N2O/c1-15(2)19-11-8-12-20(16(3)4)22(19)24-21(25)14-23-13-18-10-7-6-9-17(18)5/h6-12,15-16,23H,13-14H2,1-5H3,(H,24,25). The minimum atomic E-state index is 0.00332. The largest absolute Gasteiger partial charge is 0.324 e. The first-order valence-corrected chi connectivity index (χ1v) is 9.08. The summed E-state index contributed by atoms with van der Waals surface area (Å²) in [6.07, 6.45) is 0. The van der Waals surface area contributed by atoms with Crippen molar-refractivity contribution in [2.75, 3.05) is 11.9 Å². The number of nitrogens with one attached hydrogen (secondary N) is 2.